The van der Waals surface area contributed by atoms with Crippen LogP contribution in [0.4, 0.5) is 0 Å². The Morgan fingerprint density at radius 1 is 1.28 bits per heavy atom. The van der Waals surface area contributed by atoms with E-state index in [0.717, 1.165) is 5.57 Å². The molecular formula is C22H37NO9. The highest BCUT2D eigenvalue weighted by atomic mass is 16.7. The number of amides is 1. The Morgan fingerprint density at radius 3 is 2.53 bits per heavy atom. The van der Waals surface area contributed by atoms with Gasteiger partial charge in [-0.1, -0.05) is 32.9 Å². The van der Waals surface area contributed by atoms with Gasteiger partial charge in [0.05, 0.1) is 24.9 Å². The van der Waals surface area contributed by atoms with Crippen LogP contribution in [0.15, 0.2) is 12.2 Å². The van der Waals surface area contributed by atoms with Gasteiger partial charge >= 0.3 is 0 Å². The van der Waals surface area contributed by atoms with E-state index in [2.05, 4.69) is 11.9 Å². The number of ether oxygens (including phenoxy) is 6. The number of fused-ring (bicyclic) bond motifs is 1. The number of methoxy groups -OCH3 is 2. The van der Waals surface area contributed by atoms with Gasteiger partial charge in [-0.05, 0) is 6.92 Å². The molecular weight excluding hydrogens is 422 g/mol. The van der Waals surface area contributed by atoms with Crippen molar-refractivity contribution in [2.75, 3.05) is 27.6 Å². The van der Waals surface area contributed by atoms with Gasteiger partial charge in [0.25, 0.3) is 5.91 Å². The fourth-order valence-corrected chi connectivity index (χ4v) is 4.85. The van der Waals surface area contributed by atoms with E-state index in [9.17, 15) is 15.0 Å². The zero-order chi connectivity index (χ0) is 23.8. The van der Waals surface area contributed by atoms with Crippen molar-refractivity contribution in [3.05, 3.63) is 12.2 Å². The van der Waals surface area contributed by atoms with Crippen LogP contribution in [-0.2, 0) is 33.2 Å². The van der Waals surface area contributed by atoms with E-state index in [1.54, 1.807) is 7.11 Å². The van der Waals surface area contributed by atoms with Crippen molar-refractivity contribution in [1.29, 1.82) is 0 Å². The fraction of sp³-hybridized carbons (Fsp3) is 0.864. The number of aliphatic hydroxyl groups is 2. The molecule has 1 amide bonds. The summed E-state index contributed by atoms with van der Waals surface area (Å²) in [7, 11) is 2.95. The monoisotopic (exact) mass is 459 g/mol. The minimum Gasteiger partial charge on any atom is -0.394 e. The number of hydrogen-bond donors (Lipinski definition) is 3. The van der Waals surface area contributed by atoms with Crippen LogP contribution in [0.25, 0.3) is 0 Å². The lowest BCUT2D eigenvalue weighted by Gasteiger charge is -2.53. The van der Waals surface area contributed by atoms with Gasteiger partial charge in [0.15, 0.2) is 12.3 Å². The average Bonchev–Trinajstić information content (AvgIpc) is 2.75. The lowest BCUT2D eigenvalue weighted by atomic mass is 9.74. The largest absolute Gasteiger partial charge is 0.394 e. The molecule has 0 spiro atoms. The lowest BCUT2D eigenvalue weighted by molar-refractivity contribution is -0.333. The number of rotatable bonds is 6. The molecule has 10 heteroatoms. The number of carbonyl (C=O) groups excluding carboxylic acids is 1. The van der Waals surface area contributed by atoms with Gasteiger partial charge in [0.1, 0.15) is 19.0 Å². The second kappa shape index (κ2) is 9.63. The Kier molecular flexibility index (Phi) is 7.68. The zero-order valence-corrected chi connectivity index (χ0v) is 19.7. The summed E-state index contributed by atoms with van der Waals surface area (Å²) in [5, 5.41) is 23.5. The van der Waals surface area contributed by atoms with Crippen LogP contribution >= 0.6 is 0 Å². The van der Waals surface area contributed by atoms with Crippen molar-refractivity contribution in [1.82, 2.24) is 5.32 Å². The summed E-state index contributed by atoms with van der Waals surface area (Å²) in [6.07, 6.45) is -4.98. The molecule has 3 aliphatic heterocycles. The van der Waals surface area contributed by atoms with Crippen LogP contribution in [0.5, 0.6) is 0 Å². The number of hydrogen-bond acceptors (Lipinski definition) is 9. The maximum atomic E-state index is 13.1. The standard InChI is InChI=1S/C22H37NO9/c1-11-8-22(28-7,32-13(3)12(11)2)17(25)19(26)23-20-16-15(29-10-30-20)18(27-6)21(4,5)14(9-24)31-16/h12-18,20,24-25H,1,8-10H2,2-7H3,(H,23,26)/t12-,13-,14-,15+,16+,17-,18-,20+,22-/m1/s1. The molecule has 3 saturated heterocycles. The smallest absolute Gasteiger partial charge is 0.256 e. The molecule has 10 nitrogen and oxygen atoms in total. The number of carbonyl (C=O) groups is 1. The Morgan fingerprint density at radius 2 is 1.97 bits per heavy atom. The molecule has 0 aromatic carbocycles. The summed E-state index contributed by atoms with van der Waals surface area (Å²) in [5.41, 5.74) is 0.283. The van der Waals surface area contributed by atoms with E-state index in [-0.39, 0.29) is 31.8 Å². The molecule has 0 unspecified atom stereocenters. The third-order valence-corrected chi connectivity index (χ3v) is 7.23. The van der Waals surface area contributed by atoms with Crippen molar-refractivity contribution in [3.63, 3.8) is 0 Å². The van der Waals surface area contributed by atoms with E-state index < -0.39 is 53.9 Å². The normalized spacial score (nSPS) is 42.8. The minimum absolute atomic E-state index is 0.0634. The molecule has 0 saturated carbocycles. The first-order valence-corrected chi connectivity index (χ1v) is 10.9. The molecule has 3 N–H and O–H groups in total. The topological polar surface area (TPSA) is 125 Å². The molecule has 0 aromatic heterocycles. The Hall–Kier alpha value is -1.11. The summed E-state index contributed by atoms with van der Waals surface area (Å²) in [4.78, 5) is 13.1. The van der Waals surface area contributed by atoms with Gasteiger partial charge in [-0.3, -0.25) is 4.79 Å². The van der Waals surface area contributed by atoms with Crippen LogP contribution in [-0.4, -0.2) is 92.4 Å². The van der Waals surface area contributed by atoms with Gasteiger partial charge in [0, 0.05) is 32.0 Å². The first kappa shape index (κ1) is 25.5. The molecule has 32 heavy (non-hydrogen) atoms. The maximum absolute atomic E-state index is 13.1. The van der Waals surface area contributed by atoms with Crippen molar-refractivity contribution < 1.29 is 43.4 Å². The number of nitrogens with one attached hydrogen (secondary N) is 1. The van der Waals surface area contributed by atoms with Crippen molar-refractivity contribution in [2.45, 2.75) is 82.8 Å². The van der Waals surface area contributed by atoms with Crippen molar-refractivity contribution >= 4 is 5.91 Å². The van der Waals surface area contributed by atoms with Crippen molar-refractivity contribution in [2.24, 2.45) is 11.3 Å². The van der Waals surface area contributed by atoms with E-state index >= 15 is 0 Å². The predicted molar refractivity (Wildman–Crippen MR) is 112 cm³/mol. The first-order valence-electron chi connectivity index (χ1n) is 10.9. The maximum Gasteiger partial charge on any atom is 0.256 e. The SMILES string of the molecule is C=C1C[C@](OC)([C@H](O)C(=O)N[C@H]2OCO[C@H]3[C@@H]2O[C@H](CO)C(C)(C)[C@@H]3OC)O[C@H](C)[C@@H]1C. The quantitative estimate of drug-likeness (QED) is 0.481. The third kappa shape index (κ3) is 4.35. The van der Waals surface area contributed by atoms with Crippen LogP contribution in [0.2, 0.25) is 0 Å². The summed E-state index contributed by atoms with van der Waals surface area (Å²) >= 11 is 0. The second-order valence-electron chi connectivity index (χ2n) is 9.46. The fourth-order valence-electron chi connectivity index (χ4n) is 4.85. The lowest BCUT2D eigenvalue weighted by Crippen LogP contribution is -2.69. The molecule has 0 radical (unpaired) electrons. The highest BCUT2D eigenvalue weighted by molar-refractivity contribution is 5.82. The summed E-state index contributed by atoms with van der Waals surface area (Å²) in [6, 6.07) is 0. The summed E-state index contributed by atoms with van der Waals surface area (Å²) in [6.45, 7) is 11.4. The highest BCUT2D eigenvalue weighted by Crippen LogP contribution is 2.42. The van der Waals surface area contributed by atoms with E-state index in [4.69, 9.17) is 28.4 Å². The van der Waals surface area contributed by atoms with Gasteiger partial charge in [0.2, 0.25) is 5.79 Å². The predicted octanol–water partition coefficient (Wildman–Crippen LogP) is 0.307. The van der Waals surface area contributed by atoms with E-state index in [1.165, 1.54) is 7.11 Å². The Bertz CT molecular complexity index is 701. The van der Waals surface area contributed by atoms with Gasteiger partial charge in [-0.15, -0.1) is 0 Å². The molecule has 3 rings (SSSR count). The summed E-state index contributed by atoms with van der Waals surface area (Å²) < 4.78 is 34.6. The highest BCUT2D eigenvalue weighted by Gasteiger charge is 2.56. The van der Waals surface area contributed by atoms with Crippen LogP contribution in [0, 0.1) is 11.3 Å². The van der Waals surface area contributed by atoms with E-state index in [0.29, 0.717) is 0 Å². The molecule has 0 aliphatic carbocycles. The second-order valence-corrected chi connectivity index (χ2v) is 9.46. The van der Waals surface area contributed by atoms with E-state index in [1.807, 2.05) is 27.7 Å². The Balaban J connectivity index is 1.77. The van der Waals surface area contributed by atoms with Gasteiger partial charge in [-0.25, -0.2) is 0 Å². The Labute approximate surface area is 189 Å². The van der Waals surface area contributed by atoms with Crippen LogP contribution in [0.1, 0.15) is 34.1 Å². The van der Waals surface area contributed by atoms with Crippen LogP contribution in [0.3, 0.4) is 0 Å². The van der Waals surface area contributed by atoms with Gasteiger partial charge < -0.3 is 44.0 Å². The van der Waals surface area contributed by atoms with Gasteiger partial charge in [-0.2, -0.15) is 0 Å². The first-order chi connectivity index (χ1) is 15.0. The molecule has 0 aromatic rings. The van der Waals surface area contributed by atoms with Crippen LogP contribution < -0.4 is 5.32 Å². The molecule has 9 atom stereocenters. The number of aliphatic hydroxyl groups excluding tert-OH is 2. The average molecular weight is 460 g/mol. The molecule has 3 heterocycles. The summed E-state index contributed by atoms with van der Waals surface area (Å²) in [5.74, 6) is -2.24. The molecule has 3 fully saturated rings. The molecule has 3 aliphatic rings. The third-order valence-electron chi connectivity index (χ3n) is 7.23. The minimum atomic E-state index is -1.64. The molecule has 184 valence electrons. The zero-order valence-electron chi connectivity index (χ0n) is 19.7. The van der Waals surface area contributed by atoms with Crippen molar-refractivity contribution in [3.8, 4) is 0 Å². The molecule has 0 bridgehead atoms.